The Morgan fingerprint density at radius 3 is 2.38 bits per heavy atom. The Morgan fingerprint density at radius 2 is 2.00 bits per heavy atom. The maximum atomic E-state index is 10.9. The summed E-state index contributed by atoms with van der Waals surface area (Å²) >= 11 is 0. The van der Waals surface area contributed by atoms with Gasteiger partial charge in [0.05, 0.1) is 12.0 Å². The van der Waals surface area contributed by atoms with Crippen LogP contribution < -0.4 is 0 Å². The summed E-state index contributed by atoms with van der Waals surface area (Å²) in [5, 5.41) is 9.20. The number of hydrogen-bond acceptors (Lipinski definition) is 2. The quantitative estimate of drug-likeness (QED) is 0.710. The standard InChI is InChI=1S/C11H14O2/c1-2-11(8-12,9-13)10-6-4-3-5-7-10/h3-8,13H,2,9H2,1H3. The monoisotopic (exact) mass is 178 g/mol. The fraction of sp³-hybridized carbons (Fsp3) is 0.364. The van der Waals surface area contributed by atoms with E-state index in [1.807, 2.05) is 37.3 Å². The summed E-state index contributed by atoms with van der Waals surface area (Å²) in [6.45, 7) is 1.77. The minimum Gasteiger partial charge on any atom is -0.395 e. The van der Waals surface area contributed by atoms with Gasteiger partial charge in [-0.25, -0.2) is 0 Å². The highest BCUT2D eigenvalue weighted by atomic mass is 16.3. The van der Waals surface area contributed by atoms with E-state index in [0.717, 1.165) is 11.8 Å². The van der Waals surface area contributed by atoms with Crippen molar-refractivity contribution in [2.75, 3.05) is 6.61 Å². The molecule has 0 amide bonds. The number of aldehydes is 1. The summed E-state index contributed by atoms with van der Waals surface area (Å²) in [5.74, 6) is 0. The highest BCUT2D eigenvalue weighted by Gasteiger charge is 2.28. The Morgan fingerprint density at radius 1 is 1.38 bits per heavy atom. The van der Waals surface area contributed by atoms with E-state index in [4.69, 9.17) is 0 Å². The van der Waals surface area contributed by atoms with Crippen molar-refractivity contribution in [3.8, 4) is 0 Å². The lowest BCUT2D eigenvalue weighted by molar-refractivity contribution is -0.114. The molecule has 0 bridgehead atoms. The van der Waals surface area contributed by atoms with Crippen LogP contribution in [0.5, 0.6) is 0 Å². The third kappa shape index (κ3) is 1.78. The third-order valence-corrected chi connectivity index (χ3v) is 2.49. The van der Waals surface area contributed by atoms with Crippen molar-refractivity contribution in [2.45, 2.75) is 18.8 Å². The van der Waals surface area contributed by atoms with Crippen molar-refractivity contribution in [3.63, 3.8) is 0 Å². The maximum Gasteiger partial charge on any atom is 0.132 e. The smallest absolute Gasteiger partial charge is 0.132 e. The molecule has 2 heteroatoms. The van der Waals surface area contributed by atoms with E-state index < -0.39 is 5.41 Å². The van der Waals surface area contributed by atoms with Crippen LogP contribution in [-0.2, 0) is 10.2 Å². The van der Waals surface area contributed by atoms with Gasteiger partial charge in [0.25, 0.3) is 0 Å². The Labute approximate surface area is 78.2 Å². The van der Waals surface area contributed by atoms with Crippen molar-refractivity contribution in [1.82, 2.24) is 0 Å². The molecule has 0 heterocycles. The summed E-state index contributed by atoms with van der Waals surface area (Å²) in [7, 11) is 0. The third-order valence-electron chi connectivity index (χ3n) is 2.49. The number of aliphatic hydroxyl groups excluding tert-OH is 1. The van der Waals surface area contributed by atoms with Gasteiger partial charge >= 0.3 is 0 Å². The molecule has 0 aliphatic rings. The van der Waals surface area contributed by atoms with Crippen LogP contribution in [0.4, 0.5) is 0 Å². The van der Waals surface area contributed by atoms with Gasteiger partial charge in [-0.15, -0.1) is 0 Å². The largest absolute Gasteiger partial charge is 0.395 e. The second kappa shape index (κ2) is 4.19. The van der Waals surface area contributed by atoms with Crippen LogP contribution in [0.2, 0.25) is 0 Å². The lowest BCUT2D eigenvalue weighted by atomic mass is 9.80. The van der Waals surface area contributed by atoms with E-state index in [9.17, 15) is 9.90 Å². The molecule has 0 radical (unpaired) electrons. The zero-order valence-electron chi connectivity index (χ0n) is 7.73. The minimum absolute atomic E-state index is 0.128. The maximum absolute atomic E-state index is 10.9. The van der Waals surface area contributed by atoms with Gasteiger partial charge in [0.2, 0.25) is 0 Å². The molecule has 0 saturated heterocycles. The van der Waals surface area contributed by atoms with Crippen LogP contribution in [0, 0.1) is 0 Å². The zero-order valence-corrected chi connectivity index (χ0v) is 7.73. The molecular weight excluding hydrogens is 164 g/mol. The van der Waals surface area contributed by atoms with Gasteiger partial charge in [-0.1, -0.05) is 37.3 Å². The first-order valence-corrected chi connectivity index (χ1v) is 4.42. The van der Waals surface area contributed by atoms with Gasteiger partial charge < -0.3 is 9.90 Å². The highest BCUT2D eigenvalue weighted by molar-refractivity contribution is 5.68. The lowest BCUT2D eigenvalue weighted by Gasteiger charge is -2.24. The van der Waals surface area contributed by atoms with Crippen LogP contribution in [0.25, 0.3) is 0 Å². The van der Waals surface area contributed by atoms with E-state index in [-0.39, 0.29) is 6.61 Å². The number of hydrogen-bond donors (Lipinski definition) is 1. The molecule has 0 saturated carbocycles. The molecular formula is C11H14O2. The Kier molecular flexibility index (Phi) is 3.20. The lowest BCUT2D eigenvalue weighted by Crippen LogP contribution is -2.31. The summed E-state index contributed by atoms with van der Waals surface area (Å²) in [6, 6.07) is 9.38. The molecule has 0 fully saturated rings. The number of benzene rings is 1. The molecule has 1 aromatic carbocycles. The van der Waals surface area contributed by atoms with Crippen LogP contribution in [0.3, 0.4) is 0 Å². The topological polar surface area (TPSA) is 37.3 Å². The molecule has 1 aromatic rings. The van der Waals surface area contributed by atoms with E-state index in [1.54, 1.807) is 0 Å². The van der Waals surface area contributed by atoms with Crippen molar-refractivity contribution >= 4 is 6.29 Å². The fourth-order valence-corrected chi connectivity index (χ4v) is 1.37. The minimum atomic E-state index is -0.707. The molecule has 0 aliphatic heterocycles. The van der Waals surface area contributed by atoms with Gasteiger partial charge in [0.1, 0.15) is 6.29 Å². The van der Waals surface area contributed by atoms with E-state index in [0.29, 0.717) is 6.42 Å². The van der Waals surface area contributed by atoms with Crippen molar-refractivity contribution in [1.29, 1.82) is 0 Å². The van der Waals surface area contributed by atoms with Gasteiger partial charge in [-0.2, -0.15) is 0 Å². The van der Waals surface area contributed by atoms with Crippen molar-refractivity contribution < 1.29 is 9.90 Å². The molecule has 1 rings (SSSR count). The number of rotatable bonds is 4. The highest BCUT2D eigenvalue weighted by Crippen LogP contribution is 2.24. The van der Waals surface area contributed by atoms with Gasteiger partial charge in [0, 0.05) is 0 Å². The van der Waals surface area contributed by atoms with Crippen LogP contribution in [0.1, 0.15) is 18.9 Å². The molecule has 0 spiro atoms. The van der Waals surface area contributed by atoms with Crippen molar-refractivity contribution in [3.05, 3.63) is 35.9 Å². The second-order valence-electron chi connectivity index (χ2n) is 3.15. The van der Waals surface area contributed by atoms with Crippen LogP contribution in [0.15, 0.2) is 30.3 Å². The molecule has 70 valence electrons. The second-order valence-corrected chi connectivity index (χ2v) is 3.15. The Bertz CT molecular complexity index is 263. The predicted molar refractivity (Wildman–Crippen MR) is 51.6 cm³/mol. The Hall–Kier alpha value is -1.15. The zero-order chi connectivity index (χ0) is 9.73. The molecule has 0 aromatic heterocycles. The summed E-state index contributed by atoms with van der Waals surface area (Å²) in [5.41, 5.74) is 0.177. The first kappa shape index (κ1) is 9.93. The number of carbonyl (C=O) groups excluding carboxylic acids is 1. The van der Waals surface area contributed by atoms with Gasteiger partial charge in [0.15, 0.2) is 0 Å². The van der Waals surface area contributed by atoms with E-state index in [1.165, 1.54) is 0 Å². The van der Waals surface area contributed by atoms with Crippen molar-refractivity contribution in [2.24, 2.45) is 0 Å². The number of aliphatic hydroxyl groups is 1. The first-order valence-electron chi connectivity index (χ1n) is 4.42. The average molecular weight is 178 g/mol. The normalized spacial score (nSPS) is 14.9. The Balaban J connectivity index is 3.08. The molecule has 1 unspecified atom stereocenters. The van der Waals surface area contributed by atoms with Crippen LogP contribution >= 0.6 is 0 Å². The summed E-state index contributed by atoms with van der Waals surface area (Å²) in [6.07, 6.45) is 1.46. The first-order chi connectivity index (χ1) is 6.29. The molecule has 13 heavy (non-hydrogen) atoms. The van der Waals surface area contributed by atoms with Gasteiger partial charge in [-0.05, 0) is 12.0 Å². The fourth-order valence-electron chi connectivity index (χ4n) is 1.37. The van der Waals surface area contributed by atoms with E-state index in [2.05, 4.69) is 0 Å². The summed E-state index contributed by atoms with van der Waals surface area (Å²) in [4.78, 5) is 10.9. The van der Waals surface area contributed by atoms with Crippen LogP contribution in [-0.4, -0.2) is 18.0 Å². The average Bonchev–Trinajstić information content (AvgIpc) is 2.23. The molecule has 0 aliphatic carbocycles. The number of carbonyl (C=O) groups is 1. The SMILES string of the molecule is CCC(C=O)(CO)c1ccccc1. The molecule has 2 nitrogen and oxygen atoms in total. The van der Waals surface area contributed by atoms with E-state index >= 15 is 0 Å². The molecule has 1 N–H and O–H groups in total. The molecule has 1 atom stereocenters. The summed E-state index contributed by atoms with van der Waals surface area (Å²) < 4.78 is 0. The predicted octanol–water partition coefficient (Wildman–Crippen LogP) is 1.53. The van der Waals surface area contributed by atoms with Gasteiger partial charge in [-0.3, -0.25) is 0 Å².